The van der Waals surface area contributed by atoms with Gasteiger partial charge in [-0.3, -0.25) is 0 Å². The van der Waals surface area contributed by atoms with Crippen molar-refractivity contribution < 1.29 is 14.6 Å². The van der Waals surface area contributed by atoms with Crippen LogP contribution >= 0.6 is 11.6 Å². The highest BCUT2D eigenvalue weighted by atomic mass is 35.5. The number of rotatable bonds is 4. The van der Waals surface area contributed by atoms with Crippen LogP contribution in [0.25, 0.3) is 0 Å². The number of aliphatic hydroxyl groups is 2. The summed E-state index contributed by atoms with van der Waals surface area (Å²) in [4.78, 5) is 0. The van der Waals surface area contributed by atoms with Crippen molar-refractivity contribution in [1.82, 2.24) is 0 Å². The minimum Gasteiger partial charge on any atom is -0.390 e. The van der Waals surface area contributed by atoms with Crippen LogP contribution in [0.2, 0.25) is 5.02 Å². The number of hydrogen-bond donors (Lipinski definition) is 2. The van der Waals surface area contributed by atoms with Crippen LogP contribution in [-0.2, 0) is 6.42 Å². The number of aliphatic hydroxyl groups excluding tert-OH is 2. The molecule has 1 aromatic carbocycles. The highest BCUT2D eigenvalue weighted by Crippen LogP contribution is 2.21. The smallest absolute Gasteiger partial charge is 0.127 e. The van der Waals surface area contributed by atoms with Gasteiger partial charge in [-0.25, -0.2) is 4.39 Å². The molecule has 0 aliphatic heterocycles. The molecule has 0 spiro atoms. The van der Waals surface area contributed by atoms with Crippen molar-refractivity contribution in [3.63, 3.8) is 0 Å². The highest BCUT2D eigenvalue weighted by Gasteiger charge is 2.18. The van der Waals surface area contributed by atoms with Gasteiger partial charge in [0, 0.05) is 17.0 Å². The van der Waals surface area contributed by atoms with Crippen LogP contribution in [0.3, 0.4) is 0 Å². The molecule has 0 amide bonds. The number of halogens is 2. The Balaban J connectivity index is 2.80. The lowest BCUT2D eigenvalue weighted by atomic mass is 10.0. The second kappa shape index (κ2) is 5.45. The first-order valence-electron chi connectivity index (χ1n) is 4.85. The zero-order chi connectivity index (χ0) is 11.4. The Kier molecular flexibility index (Phi) is 4.51. The molecule has 2 nitrogen and oxygen atoms in total. The Labute approximate surface area is 93.3 Å². The summed E-state index contributed by atoms with van der Waals surface area (Å²) in [5, 5.41) is 19.2. The van der Waals surface area contributed by atoms with E-state index in [4.69, 9.17) is 11.6 Å². The fourth-order valence-corrected chi connectivity index (χ4v) is 1.58. The summed E-state index contributed by atoms with van der Waals surface area (Å²) in [7, 11) is 0. The lowest BCUT2D eigenvalue weighted by Crippen LogP contribution is -2.27. The SMILES string of the molecule is CCC(O)C(O)Cc1c(F)cccc1Cl. The molecule has 0 radical (unpaired) electrons. The van der Waals surface area contributed by atoms with E-state index in [1.165, 1.54) is 12.1 Å². The molecule has 15 heavy (non-hydrogen) atoms. The maximum Gasteiger partial charge on any atom is 0.127 e. The van der Waals surface area contributed by atoms with Crippen molar-refractivity contribution in [2.24, 2.45) is 0 Å². The van der Waals surface area contributed by atoms with Gasteiger partial charge >= 0.3 is 0 Å². The van der Waals surface area contributed by atoms with Gasteiger partial charge in [-0.1, -0.05) is 24.6 Å². The summed E-state index contributed by atoms with van der Waals surface area (Å²) in [5.41, 5.74) is 0.249. The Bertz CT molecular complexity index is 310. The molecular formula is C11H14ClFO2. The van der Waals surface area contributed by atoms with Gasteiger partial charge in [0.25, 0.3) is 0 Å². The maximum atomic E-state index is 13.3. The zero-order valence-electron chi connectivity index (χ0n) is 8.45. The molecule has 0 aliphatic rings. The molecule has 84 valence electrons. The highest BCUT2D eigenvalue weighted by molar-refractivity contribution is 6.31. The van der Waals surface area contributed by atoms with E-state index in [2.05, 4.69) is 0 Å². The van der Waals surface area contributed by atoms with Crippen LogP contribution in [0.1, 0.15) is 18.9 Å². The minimum atomic E-state index is -0.982. The third-order valence-corrected chi connectivity index (χ3v) is 2.69. The topological polar surface area (TPSA) is 40.5 Å². The average Bonchev–Trinajstić information content (AvgIpc) is 2.22. The molecule has 1 aromatic rings. The molecule has 0 heterocycles. The van der Waals surface area contributed by atoms with Gasteiger partial charge in [-0.05, 0) is 18.6 Å². The van der Waals surface area contributed by atoms with E-state index >= 15 is 0 Å². The molecule has 0 bridgehead atoms. The Morgan fingerprint density at radius 2 is 2.00 bits per heavy atom. The van der Waals surface area contributed by atoms with E-state index in [0.29, 0.717) is 6.42 Å². The molecule has 0 saturated carbocycles. The van der Waals surface area contributed by atoms with Crippen LogP contribution in [0.5, 0.6) is 0 Å². The van der Waals surface area contributed by atoms with Crippen molar-refractivity contribution in [1.29, 1.82) is 0 Å². The Morgan fingerprint density at radius 1 is 1.33 bits per heavy atom. The van der Waals surface area contributed by atoms with E-state index in [1.54, 1.807) is 13.0 Å². The Hall–Kier alpha value is -0.640. The molecule has 0 aliphatic carbocycles. The standard InChI is InChI=1S/C11H14ClFO2/c1-2-10(14)11(15)6-7-8(12)4-3-5-9(7)13/h3-5,10-11,14-15H,2,6H2,1H3. The second-order valence-electron chi connectivity index (χ2n) is 3.45. The molecule has 2 N–H and O–H groups in total. The first-order valence-corrected chi connectivity index (χ1v) is 5.23. The van der Waals surface area contributed by atoms with E-state index in [0.717, 1.165) is 0 Å². The minimum absolute atomic E-state index is 0.0283. The van der Waals surface area contributed by atoms with Gasteiger partial charge in [-0.2, -0.15) is 0 Å². The molecule has 0 aromatic heterocycles. The molecule has 0 fully saturated rings. The number of benzene rings is 1. The van der Waals surface area contributed by atoms with Crippen LogP contribution < -0.4 is 0 Å². The van der Waals surface area contributed by atoms with Crippen LogP contribution in [0.4, 0.5) is 4.39 Å². The predicted octanol–water partition coefficient (Wildman–Crippen LogP) is 2.15. The van der Waals surface area contributed by atoms with E-state index < -0.39 is 18.0 Å². The van der Waals surface area contributed by atoms with Gasteiger partial charge < -0.3 is 10.2 Å². The molecule has 0 saturated heterocycles. The van der Waals surface area contributed by atoms with E-state index in [9.17, 15) is 14.6 Å². The largest absolute Gasteiger partial charge is 0.390 e. The molecule has 2 atom stereocenters. The van der Waals surface area contributed by atoms with Crippen LogP contribution in [0, 0.1) is 5.82 Å². The summed E-state index contributed by atoms with van der Waals surface area (Å²) in [6.45, 7) is 1.75. The molecular weight excluding hydrogens is 219 g/mol. The summed E-state index contributed by atoms with van der Waals surface area (Å²) in [6, 6.07) is 4.35. The summed E-state index contributed by atoms with van der Waals surface area (Å²) in [6.07, 6.45) is -1.38. The normalized spacial score (nSPS) is 15.0. The van der Waals surface area contributed by atoms with Gasteiger partial charge in [0.05, 0.1) is 12.2 Å². The summed E-state index contributed by atoms with van der Waals surface area (Å²) in [5.74, 6) is -0.454. The van der Waals surface area contributed by atoms with Crippen molar-refractivity contribution in [2.45, 2.75) is 32.0 Å². The van der Waals surface area contributed by atoms with Gasteiger partial charge in [0.1, 0.15) is 5.82 Å². The maximum absolute atomic E-state index is 13.3. The van der Waals surface area contributed by atoms with Gasteiger partial charge in [0.15, 0.2) is 0 Å². The lowest BCUT2D eigenvalue weighted by Gasteiger charge is -2.17. The van der Waals surface area contributed by atoms with E-state index in [-0.39, 0.29) is 17.0 Å². The van der Waals surface area contributed by atoms with Crippen LogP contribution in [-0.4, -0.2) is 22.4 Å². The van der Waals surface area contributed by atoms with Gasteiger partial charge in [-0.15, -0.1) is 0 Å². The third kappa shape index (κ3) is 3.16. The summed E-state index contributed by atoms with van der Waals surface area (Å²) >= 11 is 5.79. The fourth-order valence-electron chi connectivity index (χ4n) is 1.34. The molecule has 4 heteroatoms. The predicted molar refractivity (Wildman–Crippen MR) is 57.4 cm³/mol. The van der Waals surface area contributed by atoms with E-state index in [1.807, 2.05) is 0 Å². The fraction of sp³-hybridized carbons (Fsp3) is 0.455. The van der Waals surface area contributed by atoms with Crippen molar-refractivity contribution in [3.05, 3.63) is 34.6 Å². The number of hydrogen-bond acceptors (Lipinski definition) is 2. The Morgan fingerprint density at radius 3 is 2.53 bits per heavy atom. The zero-order valence-corrected chi connectivity index (χ0v) is 9.21. The first-order chi connectivity index (χ1) is 7.06. The van der Waals surface area contributed by atoms with Crippen LogP contribution in [0.15, 0.2) is 18.2 Å². The monoisotopic (exact) mass is 232 g/mol. The molecule has 1 rings (SSSR count). The first kappa shape index (κ1) is 12.4. The van der Waals surface area contributed by atoms with Crippen molar-refractivity contribution in [3.8, 4) is 0 Å². The van der Waals surface area contributed by atoms with Crippen molar-refractivity contribution in [2.75, 3.05) is 0 Å². The lowest BCUT2D eigenvalue weighted by molar-refractivity contribution is 0.0177. The quantitative estimate of drug-likeness (QED) is 0.835. The third-order valence-electron chi connectivity index (χ3n) is 2.34. The average molecular weight is 233 g/mol. The van der Waals surface area contributed by atoms with Gasteiger partial charge in [0.2, 0.25) is 0 Å². The van der Waals surface area contributed by atoms with Crippen molar-refractivity contribution >= 4 is 11.6 Å². The second-order valence-corrected chi connectivity index (χ2v) is 3.85. The molecule has 2 unspecified atom stereocenters. The summed E-state index contributed by atoms with van der Waals surface area (Å²) < 4.78 is 13.3.